The molecule has 0 aliphatic heterocycles. The molecule has 1 aromatic heterocycles. The molecule has 0 unspecified atom stereocenters. The first-order valence-electron chi connectivity index (χ1n) is 5.36. The van der Waals surface area contributed by atoms with E-state index in [0.29, 0.717) is 18.2 Å². The van der Waals surface area contributed by atoms with Crippen molar-refractivity contribution in [3.63, 3.8) is 0 Å². The van der Waals surface area contributed by atoms with Crippen molar-refractivity contribution < 1.29 is 19.4 Å². The fraction of sp³-hybridized carbons (Fsp3) is 0.545. The fourth-order valence-electron chi connectivity index (χ4n) is 1.85. The highest BCUT2D eigenvalue weighted by atomic mass is 16.4. The number of hydrogen-bond donors (Lipinski definition) is 3. The fourth-order valence-corrected chi connectivity index (χ4v) is 1.85. The Labute approximate surface area is 93.1 Å². The van der Waals surface area contributed by atoms with Gasteiger partial charge in [-0.05, 0) is 37.4 Å². The topological polar surface area (TPSA) is 82.7 Å². The molecule has 1 aromatic rings. The molecule has 1 heterocycles. The van der Waals surface area contributed by atoms with Gasteiger partial charge in [-0.2, -0.15) is 0 Å². The average molecular weight is 225 g/mol. The SMILES string of the molecule is O=C(O)c1ccc(CNCC2CC(O)C2)o1. The van der Waals surface area contributed by atoms with E-state index in [0.717, 1.165) is 19.4 Å². The van der Waals surface area contributed by atoms with E-state index in [2.05, 4.69) is 5.32 Å². The van der Waals surface area contributed by atoms with Crippen LogP contribution in [0.1, 0.15) is 29.2 Å². The standard InChI is InChI=1S/C11H15NO4/c13-8-3-7(4-8)5-12-6-9-1-2-10(16-9)11(14)15/h1-2,7-8,12-13H,3-6H2,(H,14,15). The molecule has 1 saturated carbocycles. The van der Waals surface area contributed by atoms with E-state index in [1.165, 1.54) is 6.07 Å². The van der Waals surface area contributed by atoms with Crippen molar-refractivity contribution in [1.29, 1.82) is 0 Å². The number of hydrogen-bond acceptors (Lipinski definition) is 4. The van der Waals surface area contributed by atoms with Crippen LogP contribution in [0.2, 0.25) is 0 Å². The number of aliphatic hydroxyl groups excluding tert-OH is 1. The number of furan rings is 1. The molecule has 5 nitrogen and oxygen atoms in total. The van der Waals surface area contributed by atoms with Gasteiger partial charge in [-0.1, -0.05) is 0 Å². The van der Waals surface area contributed by atoms with E-state index in [1.807, 2.05) is 0 Å². The smallest absolute Gasteiger partial charge is 0.371 e. The molecule has 0 bridgehead atoms. The van der Waals surface area contributed by atoms with Crippen LogP contribution in [0.4, 0.5) is 0 Å². The third-order valence-corrected chi connectivity index (χ3v) is 2.82. The summed E-state index contributed by atoms with van der Waals surface area (Å²) in [7, 11) is 0. The normalized spacial score (nSPS) is 24.1. The molecule has 88 valence electrons. The first-order chi connectivity index (χ1) is 7.65. The second-order valence-electron chi connectivity index (χ2n) is 4.19. The summed E-state index contributed by atoms with van der Waals surface area (Å²) in [5.74, 6) is 0.0745. The van der Waals surface area contributed by atoms with Gasteiger partial charge < -0.3 is 19.9 Å². The largest absolute Gasteiger partial charge is 0.475 e. The van der Waals surface area contributed by atoms with Crippen LogP contribution in [0.15, 0.2) is 16.5 Å². The monoisotopic (exact) mass is 225 g/mol. The Morgan fingerprint density at radius 3 is 2.81 bits per heavy atom. The third kappa shape index (κ3) is 2.62. The van der Waals surface area contributed by atoms with Gasteiger partial charge in [0.2, 0.25) is 5.76 Å². The van der Waals surface area contributed by atoms with Crippen LogP contribution in [-0.4, -0.2) is 28.8 Å². The molecular weight excluding hydrogens is 210 g/mol. The molecule has 0 radical (unpaired) electrons. The Morgan fingerprint density at radius 2 is 2.25 bits per heavy atom. The Balaban J connectivity index is 1.70. The van der Waals surface area contributed by atoms with Crippen LogP contribution in [0.5, 0.6) is 0 Å². The lowest BCUT2D eigenvalue weighted by Gasteiger charge is -2.31. The zero-order valence-electron chi connectivity index (χ0n) is 8.85. The van der Waals surface area contributed by atoms with Gasteiger partial charge in [0, 0.05) is 0 Å². The second kappa shape index (κ2) is 4.67. The first kappa shape index (κ1) is 11.2. The summed E-state index contributed by atoms with van der Waals surface area (Å²) in [5, 5.41) is 20.9. The van der Waals surface area contributed by atoms with Gasteiger partial charge >= 0.3 is 5.97 Å². The molecule has 1 aliphatic carbocycles. The number of rotatable bonds is 5. The molecule has 3 N–H and O–H groups in total. The summed E-state index contributed by atoms with van der Waals surface area (Å²) in [6.45, 7) is 1.36. The highest BCUT2D eigenvalue weighted by Gasteiger charge is 2.26. The van der Waals surface area contributed by atoms with Gasteiger partial charge in [-0.25, -0.2) is 4.79 Å². The number of carboxylic acid groups (broad SMARTS) is 1. The zero-order chi connectivity index (χ0) is 11.5. The van der Waals surface area contributed by atoms with Gasteiger partial charge in [0.1, 0.15) is 5.76 Å². The van der Waals surface area contributed by atoms with E-state index < -0.39 is 5.97 Å². The van der Waals surface area contributed by atoms with Crippen LogP contribution in [0, 0.1) is 5.92 Å². The predicted octanol–water partition coefficient (Wildman–Crippen LogP) is 0.838. The Kier molecular flexibility index (Phi) is 3.26. The zero-order valence-corrected chi connectivity index (χ0v) is 8.85. The van der Waals surface area contributed by atoms with Gasteiger partial charge in [-0.15, -0.1) is 0 Å². The van der Waals surface area contributed by atoms with Crippen LogP contribution in [0.3, 0.4) is 0 Å². The minimum atomic E-state index is -1.05. The van der Waals surface area contributed by atoms with Crippen LogP contribution in [0.25, 0.3) is 0 Å². The van der Waals surface area contributed by atoms with E-state index in [-0.39, 0.29) is 11.9 Å². The lowest BCUT2D eigenvalue weighted by molar-refractivity contribution is 0.0427. The molecule has 2 rings (SSSR count). The van der Waals surface area contributed by atoms with Crippen LogP contribution in [-0.2, 0) is 6.54 Å². The highest BCUT2D eigenvalue weighted by molar-refractivity contribution is 5.84. The molecule has 16 heavy (non-hydrogen) atoms. The number of aliphatic hydroxyl groups is 1. The van der Waals surface area contributed by atoms with Crippen molar-refractivity contribution in [3.8, 4) is 0 Å². The van der Waals surface area contributed by atoms with Gasteiger partial charge in [0.15, 0.2) is 0 Å². The highest BCUT2D eigenvalue weighted by Crippen LogP contribution is 2.26. The number of carboxylic acids is 1. The molecule has 0 spiro atoms. The van der Waals surface area contributed by atoms with Crippen LogP contribution < -0.4 is 5.32 Å². The molecular formula is C11H15NO4. The van der Waals surface area contributed by atoms with Gasteiger partial charge in [0.05, 0.1) is 12.6 Å². The minimum Gasteiger partial charge on any atom is -0.475 e. The van der Waals surface area contributed by atoms with Gasteiger partial charge in [0.25, 0.3) is 0 Å². The average Bonchev–Trinajstić information content (AvgIpc) is 2.63. The summed E-state index contributed by atoms with van der Waals surface area (Å²) >= 11 is 0. The lowest BCUT2D eigenvalue weighted by Crippen LogP contribution is -2.35. The van der Waals surface area contributed by atoms with Crippen LogP contribution >= 0.6 is 0 Å². The summed E-state index contributed by atoms with van der Waals surface area (Å²) in [6, 6.07) is 3.11. The van der Waals surface area contributed by atoms with E-state index in [4.69, 9.17) is 14.6 Å². The van der Waals surface area contributed by atoms with Crippen molar-refractivity contribution in [1.82, 2.24) is 5.32 Å². The first-order valence-corrected chi connectivity index (χ1v) is 5.36. The van der Waals surface area contributed by atoms with Crippen molar-refractivity contribution in [2.75, 3.05) is 6.54 Å². The maximum atomic E-state index is 10.5. The third-order valence-electron chi connectivity index (χ3n) is 2.82. The van der Waals surface area contributed by atoms with Crippen molar-refractivity contribution >= 4 is 5.97 Å². The molecule has 5 heteroatoms. The van der Waals surface area contributed by atoms with Crippen molar-refractivity contribution in [2.45, 2.75) is 25.5 Å². The number of carbonyl (C=O) groups is 1. The Bertz CT molecular complexity index is 368. The van der Waals surface area contributed by atoms with Crippen molar-refractivity contribution in [3.05, 3.63) is 23.7 Å². The molecule has 0 amide bonds. The molecule has 0 aromatic carbocycles. The maximum Gasteiger partial charge on any atom is 0.371 e. The summed E-state index contributed by atoms with van der Waals surface area (Å²) in [6.07, 6.45) is 1.57. The quantitative estimate of drug-likeness (QED) is 0.691. The van der Waals surface area contributed by atoms with E-state index in [1.54, 1.807) is 6.07 Å². The molecule has 0 saturated heterocycles. The molecule has 1 aliphatic rings. The summed E-state index contributed by atoms with van der Waals surface area (Å²) < 4.78 is 5.09. The minimum absolute atomic E-state index is 0.0316. The Hall–Kier alpha value is -1.33. The van der Waals surface area contributed by atoms with Crippen molar-refractivity contribution in [2.24, 2.45) is 5.92 Å². The number of nitrogens with one attached hydrogen (secondary N) is 1. The lowest BCUT2D eigenvalue weighted by atomic mass is 9.82. The van der Waals surface area contributed by atoms with E-state index >= 15 is 0 Å². The predicted molar refractivity (Wildman–Crippen MR) is 56.1 cm³/mol. The molecule has 0 atom stereocenters. The Morgan fingerprint density at radius 1 is 1.50 bits per heavy atom. The maximum absolute atomic E-state index is 10.5. The number of aromatic carboxylic acids is 1. The summed E-state index contributed by atoms with van der Waals surface area (Å²) in [4.78, 5) is 10.5. The van der Waals surface area contributed by atoms with Gasteiger partial charge in [-0.3, -0.25) is 0 Å². The summed E-state index contributed by atoms with van der Waals surface area (Å²) in [5.41, 5.74) is 0. The molecule has 1 fully saturated rings. The van der Waals surface area contributed by atoms with E-state index in [9.17, 15) is 4.79 Å². The second-order valence-corrected chi connectivity index (χ2v) is 4.19.